The van der Waals surface area contributed by atoms with Crippen LogP contribution in [-0.2, 0) is 11.3 Å². The molecule has 34 heavy (non-hydrogen) atoms. The first-order chi connectivity index (χ1) is 16.4. The molecule has 0 saturated carbocycles. The summed E-state index contributed by atoms with van der Waals surface area (Å²) < 4.78 is 0. The van der Waals surface area contributed by atoms with E-state index in [2.05, 4.69) is 16.8 Å². The van der Waals surface area contributed by atoms with Gasteiger partial charge in [-0.2, -0.15) is 0 Å². The van der Waals surface area contributed by atoms with Crippen molar-refractivity contribution in [3.05, 3.63) is 105 Å². The number of carboxylic acid groups (broad SMARTS) is 1. The molecular formula is C26H18N2O5S. The quantitative estimate of drug-likeness (QED) is 0.381. The lowest BCUT2D eigenvalue weighted by Gasteiger charge is -2.21. The number of nitrogens with zero attached hydrogens (tertiary/aromatic N) is 1. The second-order valence-corrected chi connectivity index (χ2v) is 8.24. The van der Waals surface area contributed by atoms with E-state index >= 15 is 0 Å². The number of carbonyl (C=O) groups is 2. The van der Waals surface area contributed by atoms with E-state index < -0.39 is 11.9 Å². The number of aromatic hydroxyl groups is 1. The Bertz CT molecular complexity index is 1460. The standard InChI is InChI=1S/C26H18N2O5S/c29-22(14-11-17-5-2-1-3-6-17)28(21-8-4-7-20(15-21)25(31)32)16-18-9-12-19(13-10-18)23-24(30)27-26(33)34-23/h1-10,12-13,15,30H,16H2,(H,27,33)(H,31,32). The van der Waals surface area contributed by atoms with Crippen molar-refractivity contribution in [3.63, 3.8) is 0 Å². The van der Waals surface area contributed by atoms with Crippen LogP contribution in [0.2, 0.25) is 0 Å². The molecule has 8 heteroatoms. The summed E-state index contributed by atoms with van der Waals surface area (Å²) in [6.45, 7) is 0.140. The third-order valence-corrected chi connectivity index (χ3v) is 5.85. The van der Waals surface area contributed by atoms with Crippen LogP contribution in [0.25, 0.3) is 10.4 Å². The van der Waals surface area contributed by atoms with Crippen molar-refractivity contribution in [1.29, 1.82) is 0 Å². The summed E-state index contributed by atoms with van der Waals surface area (Å²) in [5.74, 6) is 3.69. The van der Waals surface area contributed by atoms with Gasteiger partial charge in [0.25, 0.3) is 0 Å². The molecular weight excluding hydrogens is 452 g/mol. The van der Waals surface area contributed by atoms with Gasteiger partial charge < -0.3 is 10.2 Å². The molecule has 0 fully saturated rings. The summed E-state index contributed by atoms with van der Waals surface area (Å²) in [4.78, 5) is 39.8. The molecule has 0 unspecified atom stereocenters. The molecule has 0 aliphatic rings. The lowest BCUT2D eigenvalue weighted by molar-refractivity contribution is -0.113. The molecule has 3 N–H and O–H groups in total. The molecule has 0 aliphatic carbocycles. The van der Waals surface area contributed by atoms with Crippen LogP contribution in [0, 0.1) is 11.8 Å². The van der Waals surface area contributed by atoms with E-state index in [0.717, 1.165) is 16.9 Å². The number of carboxylic acids is 1. The number of benzene rings is 3. The Balaban J connectivity index is 1.65. The molecule has 0 radical (unpaired) electrons. The van der Waals surface area contributed by atoms with Crippen LogP contribution < -0.4 is 9.77 Å². The molecule has 0 atom stereocenters. The normalized spacial score (nSPS) is 10.2. The van der Waals surface area contributed by atoms with Crippen molar-refractivity contribution < 1.29 is 19.8 Å². The van der Waals surface area contributed by atoms with Crippen molar-refractivity contribution in [2.45, 2.75) is 6.54 Å². The van der Waals surface area contributed by atoms with Gasteiger partial charge in [-0.1, -0.05) is 65.8 Å². The predicted octanol–water partition coefficient (Wildman–Crippen LogP) is 4.09. The van der Waals surface area contributed by atoms with E-state index in [1.165, 1.54) is 17.0 Å². The SMILES string of the molecule is O=C(O)c1cccc(N(Cc2ccc(-c3sc(=O)[nH]c3O)cc2)C(=O)C#Cc2ccccc2)c1. The smallest absolute Gasteiger partial charge is 0.335 e. The van der Waals surface area contributed by atoms with E-state index in [1.54, 1.807) is 48.5 Å². The third-order valence-electron chi connectivity index (χ3n) is 4.92. The van der Waals surface area contributed by atoms with Crippen LogP contribution in [-0.4, -0.2) is 27.1 Å². The second kappa shape index (κ2) is 9.90. The van der Waals surface area contributed by atoms with E-state index in [-0.39, 0.29) is 22.9 Å². The summed E-state index contributed by atoms with van der Waals surface area (Å²) in [7, 11) is 0. The number of rotatable bonds is 5. The number of amides is 1. The number of hydrogen-bond acceptors (Lipinski definition) is 5. The zero-order chi connectivity index (χ0) is 24.1. The van der Waals surface area contributed by atoms with Crippen LogP contribution in [0.4, 0.5) is 5.69 Å². The van der Waals surface area contributed by atoms with Crippen LogP contribution >= 0.6 is 11.3 Å². The monoisotopic (exact) mass is 470 g/mol. The van der Waals surface area contributed by atoms with Gasteiger partial charge in [0.15, 0.2) is 0 Å². The molecule has 4 aromatic rings. The van der Waals surface area contributed by atoms with Gasteiger partial charge in [-0.15, -0.1) is 0 Å². The van der Waals surface area contributed by atoms with Crippen molar-refractivity contribution in [1.82, 2.24) is 4.98 Å². The predicted molar refractivity (Wildman–Crippen MR) is 130 cm³/mol. The van der Waals surface area contributed by atoms with Crippen LogP contribution in [0.3, 0.4) is 0 Å². The van der Waals surface area contributed by atoms with Gasteiger partial charge >= 0.3 is 16.7 Å². The van der Waals surface area contributed by atoms with Crippen LogP contribution in [0.15, 0.2) is 83.7 Å². The molecule has 7 nitrogen and oxygen atoms in total. The molecule has 1 amide bonds. The third kappa shape index (κ3) is 5.23. The van der Waals surface area contributed by atoms with Gasteiger partial charge in [0, 0.05) is 17.2 Å². The maximum absolute atomic E-state index is 13.1. The zero-order valence-corrected chi connectivity index (χ0v) is 18.5. The highest BCUT2D eigenvalue weighted by atomic mass is 32.1. The molecule has 1 heterocycles. The first kappa shape index (κ1) is 22.6. The Morgan fingerprint density at radius 1 is 0.971 bits per heavy atom. The largest absolute Gasteiger partial charge is 0.493 e. The average Bonchev–Trinajstić information content (AvgIpc) is 3.19. The molecule has 0 aliphatic heterocycles. The number of thiazole rings is 1. The first-order valence-electron chi connectivity index (χ1n) is 10.1. The van der Waals surface area contributed by atoms with E-state index in [9.17, 15) is 24.6 Å². The second-order valence-electron chi connectivity index (χ2n) is 7.25. The number of anilines is 1. The molecule has 3 aromatic carbocycles. The van der Waals surface area contributed by atoms with E-state index in [0.29, 0.717) is 21.7 Å². The number of nitrogens with one attached hydrogen (secondary N) is 1. The Morgan fingerprint density at radius 3 is 2.35 bits per heavy atom. The summed E-state index contributed by atoms with van der Waals surface area (Å²) in [5.41, 5.74) is 2.54. The minimum absolute atomic E-state index is 0.0551. The number of aromatic carboxylic acids is 1. The zero-order valence-electron chi connectivity index (χ0n) is 17.7. The number of aromatic nitrogens is 1. The fraction of sp³-hybridized carbons (Fsp3) is 0.0385. The lowest BCUT2D eigenvalue weighted by Crippen LogP contribution is -2.29. The van der Waals surface area contributed by atoms with Gasteiger partial charge in [0.1, 0.15) is 0 Å². The van der Waals surface area contributed by atoms with Gasteiger partial charge in [-0.3, -0.25) is 19.5 Å². The number of carbonyl (C=O) groups excluding carboxylic acids is 1. The Hall–Kier alpha value is -4.61. The highest BCUT2D eigenvalue weighted by Crippen LogP contribution is 2.30. The molecule has 4 rings (SSSR count). The van der Waals surface area contributed by atoms with E-state index in [1.807, 2.05) is 18.2 Å². The Kier molecular flexibility index (Phi) is 6.57. The van der Waals surface area contributed by atoms with Crippen LogP contribution in [0.5, 0.6) is 5.88 Å². The van der Waals surface area contributed by atoms with E-state index in [4.69, 9.17) is 0 Å². The lowest BCUT2D eigenvalue weighted by atomic mass is 10.1. The van der Waals surface area contributed by atoms with Gasteiger partial charge in [0.2, 0.25) is 5.88 Å². The highest BCUT2D eigenvalue weighted by Gasteiger charge is 2.17. The topological polar surface area (TPSA) is 111 Å². The molecule has 0 saturated heterocycles. The minimum Gasteiger partial charge on any atom is -0.493 e. The highest BCUT2D eigenvalue weighted by molar-refractivity contribution is 7.13. The number of H-pyrrole nitrogens is 1. The number of hydrogen-bond donors (Lipinski definition) is 3. The molecule has 1 aromatic heterocycles. The first-order valence-corrected chi connectivity index (χ1v) is 11.0. The molecule has 0 bridgehead atoms. The minimum atomic E-state index is -1.10. The number of aromatic amines is 1. The van der Waals surface area contributed by atoms with Crippen molar-refractivity contribution in [2.75, 3.05) is 4.90 Å². The summed E-state index contributed by atoms with van der Waals surface area (Å²) in [6.07, 6.45) is 0. The summed E-state index contributed by atoms with van der Waals surface area (Å²) >= 11 is 0.898. The molecule has 168 valence electrons. The Morgan fingerprint density at radius 2 is 1.71 bits per heavy atom. The fourth-order valence-electron chi connectivity index (χ4n) is 3.26. The summed E-state index contributed by atoms with van der Waals surface area (Å²) in [6, 6.07) is 22.2. The van der Waals surface area contributed by atoms with Gasteiger partial charge in [-0.05, 0) is 41.5 Å². The van der Waals surface area contributed by atoms with Crippen LogP contribution in [0.1, 0.15) is 21.5 Å². The van der Waals surface area contributed by atoms with Crippen molar-refractivity contribution in [2.24, 2.45) is 0 Å². The Labute approximate surface area is 198 Å². The van der Waals surface area contributed by atoms with Gasteiger partial charge in [-0.25, -0.2) is 4.79 Å². The van der Waals surface area contributed by atoms with Crippen molar-refractivity contribution >= 4 is 28.9 Å². The maximum atomic E-state index is 13.1. The average molecular weight is 471 g/mol. The van der Waals surface area contributed by atoms with Crippen molar-refractivity contribution in [3.8, 4) is 28.2 Å². The fourth-order valence-corrected chi connectivity index (χ4v) is 4.00. The maximum Gasteiger partial charge on any atom is 0.335 e. The van der Waals surface area contributed by atoms with Gasteiger partial charge in [0.05, 0.1) is 17.0 Å². The molecule has 0 spiro atoms. The summed E-state index contributed by atoms with van der Waals surface area (Å²) in [5, 5.41) is 19.2.